The fourth-order valence-corrected chi connectivity index (χ4v) is 3.17. The van der Waals surface area contributed by atoms with Crippen LogP contribution in [0.25, 0.3) is 22.2 Å². The molecule has 4 rings (SSSR count). The van der Waals surface area contributed by atoms with E-state index in [0.717, 1.165) is 22.2 Å². The van der Waals surface area contributed by atoms with Crippen molar-refractivity contribution in [2.24, 2.45) is 5.92 Å². The third kappa shape index (κ3) is 3.53. The number of hydrogen-bond donors (Lipinski definition) is 1. The Bertz CT molecular complexity index is 975. The van der Waals surface area contributed by atoms with Crippen molar-refractivity contribution in [3.05, 3.63) is 42.7 Å². The molecule has 1 aliphatic heterocycles. The first-order valence-electron chi connectivity index (χ1n) is 8.83. The number of carbonyl (C=O) groups excluding carboxylic acids is 1. The van der Waals surface area contributed by atoms with Gasteiger partial charge in [0.25, 0.3) is 0 Å². The Kier molecular flexibility index (Phi) is 4.58. The van der Waals surface area contributed by atoms with Crippen molar-refractivity contribution in [1.82, 2.24) is 20.3 Å². The minimum absolute atomic E-state index is 0.0630. The highest BCUT2D eigenvalue weighted by molar-refractivity contribution is 5.86. The van der Waals surface area contributed by atoms with Crippen molar-refractivity contribution >= 4 is 16.8 Å². The topological polar surface area (TPSA) is 86.2 Å². The van der Waals surface area contributed by atoms with Gasteiger partial charge >= 0.3 is 0 Å². The van der Waals surface area contributed by atoms with Gasteiger partial charge in [0, 0.05) is 42.9 Å². The number of hydrogen-bond acceptors (Lipinski definition) is 6. The number of fused-ring (bicyclic) bond motifs is 1. The Morgan fingerprint density at radius 3 is 2.85 bits per heavy atom. The Morgan fingerprint density at radius 2 is 2.15 bits per heavy atom. The summed E-state index contributed by atoms with van der Waals surface area (Å²) >= 11 is 0. The van der Waals surface area contributed by atoms with Crippen LogP contribution in [0.4, 0.5) is 0 Å². The van der Waals surface area contributed by atoms with Crippen LogP contribution in [0.15, 0.2) is 42.7 Å². The number of aromatic nitrogens is 3. The molecule has 7 heteroatoms. The van der Waals surface area contributed by atoms with Gasteiger partial charge in [-0.3, -0.25) is 9.78 Å². The van der Waals surface area contributed by atoms with Gasteiger partial charge in [0.05, 0.1) is 23.7 Å². The highest BCUT2D eigenvalue weighted by Gasteiger charge is 2.28. The van der Waals surface area contributed by atoms with E-state index in [0.29, 0.717) is 24.7 Å². The van der Waals surface area contributed by atoms with Crippen LogP contribution in [0, 0.1) is 5.92 Å². The molecule has 0 saturated carbocycles. The average molecular weight is 364 g/mol. The highest BCUT2D eigenvalue weighted by Crippen LogP contribution is 2.30. The van der Waals surface area contributed by atoms with E-state index in [4.69, 9.17) is 14.5 Å². The van der Waals surface area contributed by atoms with Crippen molar-refractivity contribution in [2.45, 2.75) is 19.4 Å². The lowest BCUT2D eigenvalue weighted by Gasteiger charge is -2.20. The van der Waals surface area contributed by atoms with Crippen LogP contribution >= 0.6 is 0 Å². The molecule has 7 nitrogen and oxygen atoms in total. The molecule has 1 aliphatic rings. The fraction of sp³-hybridized carbons (Fsp3) is 0.300. The third-order valence-corrected chi connectivity index (χ3v) is 4.78. The SMILES string of the molecule is COc1ccc(-c2cc3ncccc3c(OC(C)C3CNC(=O)C3)n2)cn1. The molecule has 138 valence electrons. The molecule has 1 N–H and O–H groups in total. The maximum Gasteiger partial charge on any atom is 0.223 e. The molecular weight excluding hydrogens is 344 g/mol. The summed E-state index contributed by atoms with van der Waals surface area (Å²) in [4.78, 5) is 24.9. The number of nitrogens with zero attached hydrogens (tertiary/aromatic N) is 3. The molecule has 0 spiro atoms. The zero-order valence-corrected chi connectivity index (χ0v) is 15.2. The van der Waals surface area contributed by atoms with Gasteiger partial charge in [0.1, 0.15) is 6.10 Å². The first-order chi connectivity index (χ1) is 13.1. The van der Waals surface area contributed by atoms with Crippen molar-refractivity contribution in [1.29, 1.82) is 0 Å². The van der Waals surface area contributed by atoms with Crippen LogP contribution in [-0.4, -0.2) is 40.6 Å². The van der Waals surface area contributed by atoms with Gasteiger partial charge in [0.2, 0.25) is 17.7 Å². The van der Waals surface area contributed by atoms with Crippen molar-refractivity contribution < 1.29 is 14.3 Å². The lowest BCUT2D eigenvalue weighted by molar-refractivity contribution is -0.119. The molecule has 1 fully saturated rings. The van der Waals surface area contributed by atoms with Crippen molar-refractivity contribution in [3.8, 4) is 23.0 Å². The highest BCUT2D eigenvalue weighted by atomic mass is 16.5. The van der Waals surface area contributed by atoms with Crippen LogP contribution in [-0.2, 0) is 4.79 Å². The number of rotatable bonds is 5. The molecule has 2 atom stereocenters. The maximum absolute atomic E-state index is 11.5. The van der Waals surface area contributed by atoms with Crippen LogP contribution in [0.1, 0.15) is 13.3 Å². The summed E-state index contributed by atoms with van der Waals surface area (Å²) < 4.78 is 11.3. The molecule has 3 aromatic rings. The van der Waals surface area contributed by atoms with Gasteiger partial charge in [0.15, 0.2) is 0 Å². The summed E-state index contributed by atoms with van der Waals surface area (Å²) in [6.45, 7) is 2.59. The van der Waals surface area contributed by atoms with E-state index in [1.54, 1.807) is 25.6 Å². The van der Waals surface area contributed by atoms with E-state index >= 15 is 0 Å². The largest absolute Gasteiger partial charge is 0.481 e. The summed E-state index contributed by atoms with van der Waals surface area (Å²) in [5.74, 6) is 1.24. The molecule has 2 unspecified atom stereocenters. The van der Waals surface area contributed by atoms with E-state index in [1.165, 1.54) is 0 Å². The van der Waals surface area contributed by atoms with Crippen LogP contribution in [0.5, 0.6) is 11.8 Å². The number of methoxy groups -OCH3 is 1. The molecule has 27 heavy (non-hydrogen) atoms. The monoisotopic (exact) mass is 364 g/mol. The summed E-state index contributed by atoms with van der Waals surface area (Å²) in [7, 11) is 1.58. The van der Waals surface area contributed by atoms with E-state index in [9.17, 15) is 4.79 Å². The number of pyridine rings is 3. The molecule has 1 saturated heterocycles. The van der Waals surface area contributed by atoms with Crippen LogP contribution in [0.2, 0.25) is 0 Å². The van der Waals surface area contributed by atoms with Crippen LogP contribution in [0.3, 0.4) is 0 Å². The van der Waals surface area contributed by atoms with Gasteiger partial charge in [-0.1, -0.05) is 0 Å². The normalized spacial score (nSPS) is 17.6. The Hall–Kier alpha value is -3.22. The second kappa shape index (κ2) is 7.19. The summed E-state index contributed by atoms with van der Waals surface area (Å²) in [6.07, 6.45) is 3.77. The molecule has 0 bridgehead atoms. The zero-order chi connectivity index (χ0) is 18.8. The van der Waals surface area contributed by atoms with Gasteiger partial charge in [-0.2, -0.15) is 0 Å². The summed E-state index contributed by atoms with van der Waals surface area (Å²) in [5, 5.41) is 3.69. The van der Waals surface area contributed by atoms with Gasteiger partial charge < -0.3 is 14.8 Å². The van der Waals surface area contributed by atoms with Crippen LogP contribution < -0.4 is 14.8 Å². The predicted octanol–water partition coefficient (Wildman–Crippen LogP) is 2.60. The second-order valence-corrected chi connectivity index (χ2v) is 6.56. The quantitative estimate of drug-likeness (QED) is 0.749. The Labute approximate surface area is 156 Å². The smallest absolute Gasteiger partial charge is 0.223 e. The first kappa shape index (κ1) is 17.2. The molecular formula is C20H20N4O3. The summed E-state index contributed by atoms with van der Waals surface area (Å²) in [5.41, 5.74) is 2.36. The van der Waals surface area contributed by atoms with E-state index in [-0.39, 0.29) is 17.9 Å². The minimum Gasteiger partial charge on any atom is -0.481 e. The standard InChI is InChI=1S/C20H20N4O3/c1-12(14-8-18(25)22-11-14)27-20-15-4-3-7-21-17(15)9-16(24-20)13-5-6-19(26-2)23-10-13/h3-7,9-10,12,14H,8,11H2,1-2H3,(H,22,25). The number of ether oxygens (including phenoxy) is 2. The molecule has 3 aromatic heterocycles. The van der Waals surface area contributed by atoms with Crippen molar-refractivity contribution in [3.63, 3.8) is 0 Å². The minimum atomic E-state index is -0.149. The predicted molar refractivity (Wildman–Crippen MR) is 101 cm³/mol. The lowest BCUT2D eigenvalue weighted by atomic mass is 10.0. The van der Waals surface area contributed by atoms with Gasteiger partial charge in [-0.25, -0.2) is 9.97 Å². The summed E-state index contributed by atoms with van der Waals surface area (Å²) in [6, 6.07) is 9.40. The Morgan fingerprint density at radius 1 is 1.26 bits per heavy atom. The van der Waals surface area contributed by atoms with E-state index in [1.807, 2.05) is 31.2 Å². The second-order valence-electron chi connectivity index (χ2n) is 6.56. The molecule has 1 amide bonds. The fourth-order valence-electron chi connectivity index (χ4n) is 3.17. The number of nitrogens with one attached hydrogen (secondary N) is 1. The van der Waals surface area contributed by atoms with Gasteiger partial charge in [-0.05, 0) is 31.2 Å². The molecule has 0 radical (unpaired) electrons. The average Bonchev–Trinajstić information content (AvgIpc) is 3.14. The maximum atomic E-state index is 11.5. The van der Waals surface area contributed by atoms with E-state index in [2.05, 4.69) is 15.3 Å². The third-order valence-electron chi connectivity index (χ3n) is 4.78. The number of carbonyl (C=O) groups is 1. The first-order valence-corrected chi connectivity index (χ1v) is 8.83. The van der Waals surface area contributed by atoms with E-state index < -0.39 is 0 Å². The Balaban J connectivity index is 1.70. The molecule has 4 heterocycles. The van der Waals surface area contributed by atoms with Crippen molar-refractivity contribution in [2.75, 3.05) is 13.7 Å². The van der Waals surface area contributed by atoms with Gasteiger partial charge in [-0.15, -0.1) is 0 Å². The lowest BCUT2D eigenvalue weighted by Crippen LogP contribution is -2.26. The molecule has 0 aliphatic carbocycles. The zero-order valence-electron chi connectivity index (χ0n) is 15.2. The number of amides is 1. The molecule has 0 aromatic carbocycles.